The lowest BCUT2D eigenvalue weighted by Gasteiger charge is -2.03. The minimum atomic E-state index is -0.152. The van der Waals surface area contributed by atoms with Crippen molar-refractivity contribution in [1.29, 1.82) is 0 Å². The lowest BCUT2D eigenvalue weighted by atomic mass is 10.1. The number of amides is 1. The third-order valence-corrected chi connectivity index (χ3v) is 3.95. The van der Waals surface area contributed by atoms with Crippen LogP contribution >= 0.6 is 0 Å². The Morgan fingerprint density at radius 2 is 1.96 bits per heavy atom. The number of hydrogen-bond donors (Lipinski definition) is 1. The third kappa shape index (κ3) is 4.57. The molecule has 25 heavy (non-hydrogen) atoms. The van der Waals surface area contributed by atoms with Gasteiger partial charge in [-0.1, -0.05) is 42.0 Å². The molecule has 1 N–H and O–H groups in total. The van der Waals surface area contributed by atoms with E-state index in [4.69, 9.17) is 4.74 Å². The van der Waals surface area contributed by atoms with E-state index >= 15 is 0 Å². The molecule has 2 aromatic rings. The Balaban J connectivity index is 1.70. The molecule has 1 amide bonds. The number of carbonyl (C=O) groups is 1. The van der Waals surface area contributed by atoms with Crippen LogP contribution in [0.4, 0.5) is 0 Å². The van der Waals surface area contributed by atoms with Crippen molar-refractivity contribution in [2.45, 2.75) is 26.7 Å². The zero-order valence-electron chi connectivity index (χ0n) is 14.6. The zero-order chi connectivity index (χ0) is 17.6. The summed E-state index contributed by atoms with van der Waals surface area (Å²) in [5.74, 6) is 1.36. The van der Waals surface area contributed by atoms with Gasteiger partial charge in [0, 0.05) is 6.42 Å². The number of rotatable bonds is 6. The fraction of sp³-hybridized carbons (Fsp3) is 0.238. The molecule has 0 bridgehead atoms. The van der Waals surface area contributed by atoms with Crippen molar-refractivity contribution in [2.75, 3.05) is 6.61 Å². The van der Waals surface area contributed by atoms with Crippen LogP contribution in [0.1, 0.15) is 30.0 Å². The van der Waals surface area contributed by atoms with E-state index in [0.29, 0.717) is 18.7 Å². The lowest BCUT2D eigenvalue weighted by molar-refractivity contribution is -0.115. The van der Waals surface area contributed by atoms with Gasteiger partial charge < -0.3 is 10.1 Å². The van der Waals surface area contributed by atoms with Crippen LogP contribution in [0.15, 0.2) is 59.2 Å². The van der Waals surface area contributed by atoms with Crippen LogP contribution in [0.3, 0.4) is 0 Å². The van der Waals surface area contributed by atoms with Crippen LogP contribution in [-0.2, 0) is 11.2 Å². The lowest BCUT2D eigenvalue weighted by Crippen LogP contribution is -2.24. The average molecular weight is 334 g/mol. The fourth-order valence-corrected chi connectivity index (χ4v) is 2.78. The van der Waals surface area contributed by atoms with Crippen LogP contribution in [-0.4, -0.2) is 18.3 Å². The summed E-state index contributed by atoms with van der Waals surface area (Å²) >= 11 is 0. The summed E-state index contributed by atoms with van der Waals surface area (Å²) in [4.78, 5) is 16.6. The molecular formula is C21H22N2O2. The summed E-state index contributed by atoms with van der Waals surface area (Å²) in [6, 6.07) is 16.0. The molecule has 0 aromatic heterocycles. The average Bonchev–Trinajstić information content (AvgIpc) is 2.94. The van der Waals surface area contributed by atoms with Gasteiger partial charge in [0.25, 0.3) is 5.91 Å². The first-order valence-electron chi connectivity index (χ1n) is 8.53. The van der Waals surface area contributed by atoms with Crippen molar-refractivity contribution in [2.24, 2.45) is 4.99 Å². The van der Waals surface area contributed by atoms with E-state index in [0.717, 1.165) is 23.6 Å². The molecule has 4 nitrogen and oxygen atoms in total. The number of nitrogens with one attached hydrogen (secondary N) is 1. The monoisotopic (exact) mass is 334 g/mol. The summed E-state index contributed by atoms with van der Waals surface area (Å²) in [6.07, 6.45) is 3.36. The van der Waals surface area contributed by atoms with E-state index in [-0.39, 0.29) is 5.91 Å². The molecule has 0 radical (unpaired) electrons. The van der Waals surface area contributed by atoms with Crippen molar-refractivity contribution < 1.29 is 9.53 Å². The number of amidine groups is 1. The van der Waals surface area contributed by atoms with Crippen molar-refractivity contribution in [3.8, 4) is 5.75 Å². The molecule has 0 atom stereocenters. The Kier molecular flexibility index (Phi) is 5.29. The predicted octanol–water partition coefficient (Wildman–Crippen LogP) is 3.90. The molecule has 3 rings (SSSR count). The van der Waals surface area contributed by atoms with Gasteiger partial charge in [-0.05, 0) is 49.6 Å². The summed E-state index contributed by atoms with van der Waals surface area (Å²) < 4.78 is 5.49. The first-order chi connectivity index (χ1) is 12.1. The van der Waals surface area contributed by atoms with Crippen LogP contribution in [0, 0.1) is 6.92 Å². The highest BCUT2D eigenvalue weighted by molar-refractivity contribution is 6.14. The van der Waals surface area contributed by atoms with Crippen LogP contribution in [0.5, 0.6) is 5.75 Å². The molecule has 4 heteroatoms. The Hall–Kier alpha value is -2.88. The second-order valence-electron chi connectivity index (χ2n) is 6.04. The molecular weight excluding hydrogens is 312 g/mol. The molecule has 0 unspecified atom stereocenters. The number of carbonyl (C=O) groups excluding carboxylic acids is 1. The quantitative estimate of drug-likeness (QED) is 0.815. The van der Waals surface area contributed by atoms with Gasteiger partial charge in [0.1, 0.15) is 17.3 Å². The summed E-state index contributed by atoms with van der Waals surface area (Å²) in [7, 11) is 0. The molecule has 0 aliphatic carbocycles. The maximum atomic E-state index is 12.1. The minimum absolute atomic E-state index is 0.152. The second kappa shape index (κ2) is 7.79. The molecule has 1 aliphatic rings. The Labute approximate surface area is 148 Å². The van der Waals surface area contributed by atoms with Gasteiger partial charge in [0.05, 0.1) is 6.61 Å². The van der Waals surface area contributed by atoms with Crippen LogP contribution < -0.4 is 10.1 Å². The highest BCUT2D eigenvalue weighted by atomic mass is 16.5. The molecule has 128 valence electrons. The molecule has 2 aromatic carbocycles. The molecule has 0 saturated carbocycles. The van der Waals surface area contributed by atoms with Gasteiger partial charge in [-0.2, -0.15) is 0 Å². The molecule has 0 saturated heterocycles. The Morgan fingerprint density at radius 3 is 2.76 bits per heavy atom. The number of nitrogens with zero attached hydrogens (tertiary/aromatic N) is 1. The number of aryl methyl sites for hydroxylation is 2. The van der Waals surface area contributed by atoms with Gasteiger partial charge >= 0.3 is 0 Å². The zero-order valence-corrected chi connectivity index (χ0v) is 14.6. The van der Waals surface area contributed by atoms with Gasteiger partial charge in [-0.25, -0.2) is 4.99 Å². The number of hydrogen-bond acceptors (Lipinski definition) is 3. The molecule has 0 spiro atoms. The van der Waals surface area contributed by atoms with Gasteiger partial charge in [-0.15, -0.1) is 0 Å². The Bertz CT molecular complexity index is 837. The standard InChI is InChI=1S/C21H22N2O2/c1-3-25-18-9-5-8-17(13-18)14-19-21(24)23-20(22-19)11-10-16-7-4-6-15(2)12-16/h4-9,12-14H,3,10-11H2,1-2H3,(H,22,23,24)/b19-14+. The molecule has 1 heterocycles. The maximum Gasteiger partial charge on any atom is 0.275 e. The van der Waals surface area contributed by atoms with Gasteiger partial charge in [0.2, 0.25) is 0 Å². The van der Waals surface area contributed by atoms with Crippen molar-refractivity contribution >= 4 is 17.8 Å². The molecule has 0 fully saturated rings. The highest BCUT2D eigenvalue weighted by Gasteiger charge is 2.19. The Morgan fingerprint density at radius 1 is 1.12 bits per heavy atom. The van der Waals surface area contributed by atoms with E-state index in [2.05, 4.69) is 41.5 Å². The number of aliphatic imine (C=N–C) groups is 1. The van der Waals surface area contributed by atoms with E-state index < -0.39 is 0 Å². The summed E-state index contributed by atoms with van der Waals surface area (Å²) in [5.41, 5.74) is 3.83. The third-order valence-electron chi connectivity index (χ3n) is 3.95. The first kappa shape index (κ1) is 17.0. The second-order valence-corrected chi connectivity index (χ2v) is 6.04. The smallest absolute Gasteiger partial charge is 0.275 e. The SMILES string of the molecule is CCOc1cccc(/C=C2/N=C(CCc3cccc(C)c3)NC2=O)c1. The topological polar surface area (TPSA) is 50.7 Å². The molecule has 1 aliphatic heterocycles. The summed E-state index contributed by atoms with van der Waals surface area (Å²) in [5, 5.41) is 2.86. The van der Waals surface area contributed by atoms with E-state index in [1.54, 1.807) is 6.08 Å². The van der Waals surface area contributed by atoms with Gasteiger partial charge in [-0.3, -0.25) is 4.79 Å². The normalized spacial score (nSPS) is 15.2. The van der Waals surface area contributed by atoms with Crippen molar-refractivity contribution in [1.82, 2.24) is 5.32 Å². The van der Waals surface area contributed by atoms with Crippen molar-refractivity contribution in [3.63, 3.8) is 0 Å². The summed E-state index contributed by atoms with van der Waals surface area (Å²) in [6.45, 7) is 4.64. The van der Waals surface area contributed by atoms with E-state index in [9.17, 15) is 4.79 Å². The first-order valence-corrected chi connectivity index (χ1v) is 8.53. The number of ether oxygens (including phenoxy) is 1. The van der Waals surface area contributed by atoms with Gasteiger partial charge in [0.15, 0.2) is 0 Å². The van der Waals surface area contributed by atoms with E-state index in [1.165, 1.54) is 11.1 Å². The van der Waals surface area contributed by atoms with Crippen LogP contribution in [0.2, 0.25) is 0 Å². The van der Waals surface area contributed by atoms with E-state index in [1.807, 2.05) is 31.2 Å². The van der Waals surface area contributed by atoms with Crippen LogP contribution in [0.25, 0.3) is 6.08 Å². The largest absolute Gasteiger partial charge is 0.494 e. The number of benzene rings is 2. The highest BCUT2D eigenvalue weighted by Crippen LogP contribution is 2.18. The fourth-order valence-electron chi connectivity index (χ4n) is 2.78. The minimum Gasteiger partial charge on any atom is -0.494 e. The van der Waals surface area contributed by atoms with Crippen molar-refractivity contribution in [3.05, 3.63) is 70.9 Å². The predicted molar refractivity (Wildman–Crippen MR) is 101 cm³/mol. The maximum absolute atomic E-state index is 12.1.